The Morgan fingerprint density at radius 2 is 1.39 bits per heavy atom. The van der Waals surface area contributed by atoms with Gasteiger partial charge in [0.05, 0.1) is 31.7 Å². The number of quaternary nitrogens is 1. The minimum absolute atomic E-state index is 0. The SMILES string of the molecule is CC[N+]1(C)C2CCC1CC(CC(C#N)(c1ccccc1)c1ccccc1)C2.[Br-]. The molecule has 2 atom stereocenters. The third-order valence-electron chi connectivity index (χ3n) is 7.71. The highest BCUT2D eigenvalue weighted by Gasteiger charge is 2.52. The second-order valence-corrected chi connectivity index (χ2v) is 8.84. The van der Waals surface area contributed by atoms with Crippen LogP contribution in [0, 0.1) is 17.2 Å². The summed E-state index contributed by atoms with van der Waals surface area (Å²) in [5.41, 5.74) is 1.74. The van der Waals surface area contributed by atoms with E-state index in [1.165, 1.54) is 36.7 Å². The number of rotatable bonds is 5. The zero-order chi connectivity index (χ0) is 18.9. The first-order chi connectivity index (χ1) is 13.1. The highest BCUT2D eigenvalue weighted by Crippen LogP contribution is 2.48. The summed E-state index contributed by atoms with van der Waals surface area (Å²) >= 11 is 0. The summed E-state index contributed by atoms with van der Waals surface area (Å²) in [4.78, 5) is 0. The van der Waals surface area contributed by atoms with Crippen molar-refractivity contribution >= 4 is 0 Å². The van der Waals surface area contributed by atoms with E-state index in [2.05, 4.69) is 68.6 Å². The van der Waals surface area contributed by atoms with Crippen molar-refractivity contribution in [3.05, 3.63) is 71.8 Å². The lowest BCUT2D eigenvalue weighted by molar-refractivity contribution is -0.948. The van der Waals surface area contributed by atoms with Gasteiger partial charge in [-0.05, 0) is 30.4 Å². The molecule has 148 valence electrons. The molecule has 0 N–H and O–H groups in total. The second kappa shape index (κ2) is 8.39. The van der Waals surface area contributed by atoms with E-state index in [9.17, 15) is 5.26 Å². The molecule has 2 aliphatic heterocycles. The average Bonchev–Trinajstić information content (AvgIpc) is 2.90. The number of benzene rings is 2. The van der Waals surface area contributed by atoms with Gasteiger partial charge in [-0.1, -0.05) is 60.7 Å². The lowest BCUT2D eigenvalue weighted by atomic mass is 9.67. The maximum absolute atomic E-state index is 10.5. The minimum Gasteiger partial charge on any atom is -1.00 e. The normalized spacial score (nSPS) is 29.0. The molecule has 2 aromatic rings. The van der Waals surface area contributed by atoms with Crippen molar-refractivity contribution in [2.24, 2.45) is 5.92 Å². The Labute approximate surface area is 180 Å². The van der Waals surface area contributed by atoms with Crippen LogP contribution in [0.25, 0.3) is 0 Å². The van der Waals surface area contributed by atoms with Gasteiger partial charge in [-0.3, -0.25) is 0 Å². The average molecular weight is 439 g/mol. The fraction of sp³-hybridized carbons (Fsp3) is 0.480. The number of hydrogen-bond acceptors (Lipinski definition) is 1. The largest absolute Gasteiger partial charge is 1.00 e. The first kappa shape index (κ1) is 21.1. The van der Waals surface area contributed by atoms with Gasteiger partial charge in [0.25, 0.3) is 0 Å². The van der Waals surface area contributed by atoms with Crippen LogP contribution in [0.1, 0.15) is 50.2 Å². The molecule has 2 nitrogen and oxygen atoms in total. The number of halogens is 1. The molecule has 2 saturated heterocycles. The molecule has 0 aromatic heterocycles. The quantitative estimate of drug-likeness (QED) is 0.656. The van der Waals surface area contributed by atoms with Gasteiger partial charge in [0.15, 0.2) is 0 Å². The van der Waals surface area contributed by atoms with Crippen LogP contribution in [0.4, 0.5) is 0 Å². The summed E-state index contributed by atoms with van der Waals surface area (Å²) in [6.45, 7) is 3.59. The smallest absolute Gasteiger partial charge is 0.107 e. The van der Waals surface area contributed by atoms with Crippen LogP contribution in [0.15, 0.2) is 60.7 Å². The molecule has 0 spiro atoms. The molecule has 28 heavy (non-hydrogen) atoms. The molecule has 2 heterocycles. The Bertz CT molecular complexity index is 758. The Morgan fingerprint density at radius 3 is 1.79 bits per heavy atom. The maximum atomic E-state index is 10.5. The van der Waals surface area contributed by atoms with E-state index in [1.807, 2.05) is 12.1 Å². The van der Waals surface area contributed by atoms with E-state index < -0.39 is 5.41 Å². The zero-order valence-corrected chi connectivity index (χ0v) is 18.6. The Morgan fingerprint density at radius 1 is 0.929 bits per heavy atom. The highest BCUT2D eigenvalue weighted by atomic mass is 79.9. The van der Waals surface area contributed by atoms with Crippen LogP contribution in [0.2, 0.25) is 0 Å². The van der Waals surface area contributed by atoms with E-state index in [-0.39, 0.29) is 17.0 Å². The summed E-state index contributed by atoms with van der Waals surface area (Å²) in [6, 6.07) is 25.3. The predicted octanol–water partition coefficient (Wildman–Crippen LogP) is 2.30. The standard InChI is InChI=1S/C25H31N2.BrH/c1-3-27(2)23-14-15-24(27)17-20(16-23)18-25(19-26,21-10-6-4-7-11-21)22-12-8-5-9-13-22;/h4-13,20,23-24H,3,14-18H2,1-2H3;1H/q+1;/p-1. The maximum Gasteiger partial charge on any atom is 0.107 e. The van der Waals surface area contributed by atoms with E-state index >= 15 is 0 Å². The molecule has 2 aliphatic rings. The van der Waals surface area contributed by atoms with E-state index in [0.717, 1.165) is 29.6 Å². The third-order valence-corrected chi connectivity index (χ3v) is 7.71. The van der Waals surface area contributed by atoms with Crippen molar-refractivity contribution in [1.29, 1.82) is 5.26 Å². The molecule has 2 bridgehead atoms. The number of nitrogens with zero attached hydrogens (tertiary/aromatic N) is 2. The molecule has 2 aromatic carbocycles. The molecule has 2 fully saturated rings. The molecule has 0 saturated carbocycles. The molecule has 0 aliphatic carbocycles. The van der Waals surface area contributed by atoms with Gasteiger partial charge in [0.2, 0.25) is 0 Å². The molecular weight excluding hydrogens is 408 g/mol. The summed E-state index contributed by atoms with van der Waals surface area (Å²) in [5.74, 6) is 0.625. The molecule has 3 heteroatoms. The van der Waals surface area contributed by atoms with Gasteiger partial charge in [0.1, 0.15) is 5.41 Å². The third kappa shape index (κ3) is 3.42. The summed E-state index contributed by atoms with van der Waals surface area (Å²) < 4.78 is 1.26. The van der Waals surface area contributed by atoms with Crippen LogP contribution in [-0.4, -0.2) is 30.2 Å². The van der Waals surface area contributed by atoms with E-state index in [4.69, 9.17) is 0 Å². The Hall–Kier alpha value is -1.63. The van der Waals surface area contributed by atoms with Crippen LogP contribution in [-0.2, 0) is 5.41 Å². The van der Waals surface area contributed by atoms with Crippen molar-refractivity contribution in [3.63, 3.8) is 0 Å². The molecule has 0 amide bonds. The molecule has 4 rings (SSSR count). The summed E-state index contributed by atoms with van der Waals surface area (Å²) in [5, 5.41) is 10.5. The zero-order valence-electron chi connectivity index (χ0n) is 17.0. The Balaban J connectivity index is 0.00000225. The van der Waals surface area contributed by atoms with Gasteiger partial charge < -0.3 is 21.5 Å². The van der Waals surface area contributed by atoms with Crippen molar-refractivity contribution in [2.75, 3.05) is 13.6 Å². The van der Waals surface area contributed by atoms with Crippen molar-refractivity contribution in [2.45, 2.75) is 56.5 Å². The van der Waals surface area contributed by atoms with Gasteiger partial charge in [-0.2, -0.15) is 5.26 Å². The number of hydrogen-bond donors (Lipinski definition) is 0. The fourth-order valence-electron chi connectivity index (χ4n) is 5.99. The van der Waals surface area contributed by atoms with Crippen molar-refractivity contribution < 1.29 is 21.5 Å². The minimum atomic E-state index is -0.542. The van der Waals surface area contributed by atoms with Crippen LogP contribution < -0.4 is 17.0 Å². The molecular formula is C25H31BrN2. The summed E-state index contributed by atoms with van der Waals surface area (Å²) in [7, 11) is 2.46. The monoisotopic (exact) mass is 438 g/mol. The number of piperidine rings is 1. The van der Waals surface area contributed by atoms with Crippen LogP contribution in [0.5, 0.6) is 0 Å². The van der Waals surface area contributed by atoms with Crippen molar-refractivity contribution in [1.82, 2.24) is 0 Å². The van der Waals surface area contributed by atoms with Gasteiger partial charge >= 0.3 is 0 Å². The van der Waals surface area contributed by atoms with Gasteiger partial charge in [-0.25, -0.2) is 0 Å². The molecule has 2 unspecified atom stereocenters. The lowest BCUT2D eigenvalue weighted by Crippen LogP contribution is -3.00. The van der Waals surface area contributed by atoms with Crippen LogP contribution >= 0.6 is 0 Å². The Kier molecular flexibility index (Phi) is 6.32. The fourth-order valence-corrected chi connectivity index (χ4v) is 5.99. The molecule has 0 radical (unpaired) electrons. The van der Waals surface area contributed by atoms with Gasteiger partial charge in [-0.15, -0.1) is 0 Å². The topological polar surface area (TPSA) is 23.8 Å². The van der Waals surface area contributed by atoms with Gasteiger partial charge in [0, 0.05) is 25.7 Å². The number of nitriles is 1. The highest BCUT2D eigenvalue weighted by molar-refractivity contribution is 5.45. The van der Waals surface area contributed by atoms with E-state index in [0.29, 0.717) is 5.92 Å². The van der Waals surface area contributed by atoms with E-state index in [1.54, 1.807) is 0 Å². The van der Waals surface area contributed by atoms with Crippen molar-refractivity contribution in [3.8, 4) is 6.07 Å². The predicted molar refractivity (Wildman–Crippen MR) is 110 cm³/mol. The first-order valence-electron chi connectivity index (χ1n) is 10.5. The first-order valence-corrected chi connectivity index (χ1v) is 10.5. The number of fused-ring (bicyclic) bond motifs is 2. The second-order valence-electron chi connectivity index (χ2n) is 8.84. The van der Waals surface area contributed by atoms with Crippen LogP contribution in [0.3, 0.4) is 0 Å². The lowest BCUT2D eigenvalue weighted by Gasteiger charge is -2.47. The summed E-state index contributed by atoms with van der Waals surface area (Å²) in [6.07, 6.45) is 6.20.